The van der Waals surface area contributed by atoms with Crippen LogP contribution in [0.1, 0.15) is 13.8 Å². The van der Waals surface area contributed by atoms with E-state index in [-0.39, 0.29) is 6.04 Å². The summed E-state index contributed by atoms with van der Waals surface area (Å²) in [6.07, 6.45) is 0. The van der Waals surface area contributed by atoms with Crippen molar-refractivity contribution in [1.29, 1.82) is 0 Å². The van der Waals surface area contributed by atoms with Crippen molar-refractivity contribution in [2.24, 2.45) is 5.11 Å². The van der Waals surface area contributed by atoms with E-state index >= 15 is 0 Å². The molecular weight excluding hydrogens is 232 g/mol. The molecule has 1 unspecified atom stereocenters. The van der Waals surface area contributed by atoms with Crippen molar-refractivity contribution in [3.05, 3.63) is 28.6 Å². The Kier molecular flexibility index (Phi) is 5.67. The van der Waals surface area contributed by atoms with Gasteiger partial charge in [0.25, 0.3) is 0 Å². The van der Waals surface area contributed by atoms with Crippen LogP contribution in [0.3, 0.4) is 0 Å². The highest BCUT2D eigenvalue weighted by Crippen LogP contribution is 2.37. The minimum Gasteiger partial charge on any atom is -0.494 e. The number of methoxy groups -OCH3 is 1. The van der Waals surface area contributed by atoms with Gasteiger partial charge in [0, 0.05) is 11.5 Å². The fraction of sp³-hybridized carbons (Fsp3) is 0.500. The lowest BCUT2D eigenvalue weighted by molar-refractivity contribution is 0.283. The van der Waals surface area contributed by atoms with Gasteiger partial charge < -0.3 is 14.8 Å². The number of azide groups is 1. The number of hydrogen-bond donors (Lipinski definition) is 1. The average molecular weight is 250 g/mol. The first-order valence-electron chi connectivity index (χ1n) is 5.92. The average Bonchev–Trinajstić information content (AvgIpc) is 2.46. The molecule has 0 amide bonds. The first kappa shape index (κ1) is 14.0. The van der Waals surface area contributed by atoms with Crippen LogP contribution in [0.4, 0.5) is 5.69 Å². The molecule has 0 aromatic heterocycles. The number of anilines is 1. The maximum Gasteiger partial charge on any atom is 0.146 e. The number of fused-ring (bicyclic) bond motifs is 1. The molecular formula is C12H18N4O2. The molecule has 0 saturated heterocycles. The topological polar surface area (TPSA) is 79.2 Å². The number of para-hydroxylation sites is 1. The lowest BCUT2D eigenvalue weighted by Gasteiger charge is -2.27. The van der Waals surface area contributed by atoms with Crippen molar-refractivity contribution in [1.82, 2.24) is 0 Å². The lowest BCUT2D eigenvalue weighted by Crippen LogP contribution is -2.33. The Balaban J connectivity index is 0.000000771. The van der Waals surface area contributed by atoms with E-state index in [1.54, 1.807) is 7.11 Å². The molecule has 1 aromatic carbocycles. The highest BCUT2D eigenvalue weighted by atomic mass is 16.5. The van der Waals surface area contributed by atoms with Gasteiger partial charge >= 0.3 is 0 Å². The van der Waals surface area contributed by atoms with Crippen molar-refractivity contribution in [3.8, 4) is 11.5 Å². The molecule has 18 heavy (non-hydrogen) atoms. The van der Waals surface area contributed by atoms with Crippen LogP contribution in [0, 0.1) is 0 Å². The Morgan fingerprint density at radius 2 is 2.33 bits per heavy atom. The van der Waals surface area contributed by atoms with E-state index < -0.39 is 0 Å². The van der Waals surface area contributed by atoms with Gasteiger partial charge in [0.1, 0.15) is 23.8 Å². The van der Waals surface area contributed by atoms with Crippen molar-refractivity contribution in [3.63, 3.8) is 0 Å². The van der Waals surface area contributed by atoms with Crippen LogP contribution in [0.5, 0.6) is 11.5 Å². The second-order valence-corrected chi connectivity index (χ2v) is 3.40. The van der Waals surface area contributed by atoms with E-state index in [0.717, 1.165) is 17.2 Å². The zero-order chi connectivity index (χ0) is 13.4. The summed E-state index contributed by atoms with van der Waals surface area (Å²) in [5, 5.41) is 6.76. The molecule has 1 atom stereocenters. The standard InChI is InChI=1S/C10H12N4O2.C2H6/c1-15-8-3-2-4-9-10(8)13-7(6-16-9)5-12-14-11;1-2/h2-4,7,13H,5-6H2,1H3;1-2H3. The summed E-state index contributed by atoms with van der Waals surface area (Å²) >= 11 is 0. The molecule has 0 aliphatic carbocycles. The second-order valence-electron chi connectivity index (χ2n) is 3.40. The van der Waals surface area contributed by atoms with Crippen LogP contribution in [-0.4, -0.2) is 26.3 Å². The Hall–Kier alpha value is -2.07. The van der Waals surface area contributed by atoms with Gasteiger partial charge in [-0.25, -0.2) is 0 Å². The molecule has 98 valence electrons. The van der Waals surface area contributed by atoms with Gasteiger partial charge in [0.05, 0.1) is 13.2 Å². The molecule has 6 nitrogen and oxygen atoms in total. The molecule has 2 rings (SSSR count). The molecule has 0 spiro atoms. The van der Waals surface area contributed by atoms with Crippen molar-refractivity contribution < 1.29 is 9.47 Å². The Bertz CT molecular complexity index is 416. The maximum atomic E-state index is 8.26. The van der Waals surface area contributed by atoms with Crippen molar-refractivity contribution in [2.75, 3.05) is 25.6 Å². The fourth-order valence-corrected chi connectivity index (χ4v) is 1.61. The molecule has 1 heterocycles. The first-order valence-corrected chi connectivity index (χ1v) is 5.92. The SMILES string of the molecule is CC.COc1cccc2c1NC(CN=[N+]=[N-])CO2. The fourth-order valence-electron chi connectivity index (χ4n) is 1.61. The van der Waals surface area contributed by atoms with Crippen LogP contribution in [0.15, 0.2) is 23.3 Å². The summed E-state index contributed by atoms with van der Waals surface area (Å²) in [6.45, 7) is 4.84. The van der Waals surface area contributed by atoms with Gasteiger partial charge in [-0.2, -0.15) is 0 Å². The third-order valence-electron chi connectivity index (χ3n) is 2.36. The summed E-state index contributed by atoms with van der Waals surface area (Å²) in [6, 6.07) is 5.58. The summed E-state index contributed by atoms with van der Waals surface area (Å²) < 4.78 is 10.8. The molecule has 1 aliphatic rings. The Labute approximate surface area is 107 Å². The minimum atomic E-state index is -0.0142. The van der Waals surface area contributed by atoms with Gasteiger partial charge in [-0.1, -0.05) is 25.0 Å². The predicted molar refractivity (Wildman–Crippen MR) is 71.3 cm³/mol. The molecule has 1 N–H and O–H groups in total. The van der Waals surface area contributed by atoms with E-state index in [9.17, 15) is 0 Å². The molecule has 1 aromatic rings. The molecule has 0 bridgehead atoms. The zero-order valence-electron chi connectivity index (χ0n) is 10.9. The third-order valence-corrected chi connectivity index (χ3v) is 2.36. The molecule has 1 aliphatic heterocycles. The highest BCUT2D eigenvalue weighted by molar-refractivity contribution is 5.67. The quantitative estimate of drug-likeness (QED) is 0.508. The monoisotopic (exact) mass is 250 g/mol. The normalized spacial score (nSPS) is 15.8. The third kappa shape index (κ3) is 3.21. The largest absolute Gasteiger partial charge is 0.494 e. The summed E-state index contributed by atoms with van der Waals surface area (Å²) in [5.74, 6) is 1.49. The van der Waals surface area contributed by atoms with Crippen molar-refractivity contribution >= 4 is 5.69 Å². The van der Waals surface area contributed by atoms with Crippen molar-refractivity contribution in [2.45, 2.75) is 19.9 Å². The van der Waals surface area contributed by atoms with E-state index in [4.69, 9.17) is 15.0 Å². The molecule has 0 fully saturated rings. The second kappa shape index (κ2) is 7.29. The van der Waals surface area contributed by atoms with Crippen LogP contribution >= 0.6 is 0 Å². The van der Waals surface area contributed by atoms with Gasteiger partial charge in [-0.05, 0) is 17.7 Å². The van der Waals surface area contributed by atoms with Crippen LogP contribution in [0.25, 0.3) is 10.4 Å². The summed E-state index contributed by atoms with van der Waals surface area (Å²) in [7, 11) is 1.61. The number of benzene rings is 1. The van der Waals surface area contributed by atoms with E-state index in [1.165, 1.54) is 0 Å². The van der Waals surface area contributed by atoms with Crippen LogP contribution in [0.2, 0.25) is 0 Å². The van der Waals surface area contributed by atoms with Crippen LogP contribution < -0.4 is 14.8 Å². The zero-order valence-corrected chi connectivity index (χ0v) is 10.9. The van der Waals surface area contributed by atoms with Gasteiger partial charge in [0.2, 0.25) is 0 Å². The minimum absolute atomic E-state index is 0.0142. The maximum absolute atomic E-state index is 8.26. The molecule has 0 radical (unpaired) electrons. The molecule has 6 heteroatoms. The van der Waals surface area contributed by atoms with Crippen LogP contribution in [-0.2, 0) is 0 Å². The smallest absolute Gasteiger partial charge is 0.146 e. The number of rotatable bonds is 3. The van der Waals surface area contributed by atoms with Gasteiger partial charge in [-0.15, -0.1) is 0 Å². The van der Waals surface area contributed by atoms with E-state index in [0.29, 0.717) is 13.2 Å². The molecule has 0 saturated carbocycles. The number of ether oxygens (including phenoxy) is 2. The highest BCUT2D eigenvalue weighted by Gasteiger charge is 2.20. The summed E-state index contributed by atoms with van der Waals surface area (Å²) in [5.41, 5.74) is 9.07. The number of hydrogen-bond acceptors (Lipinski definition) is 4. The summed E-state index contributed by atoms with van der Waals surface area (Å²) in [4.78, 5) is 2.73. The Morgan fingerprint density at radius 3 is 3.00 bits per heavy atom. The van der Waals surface area contributed by atoms with E-state index in [1.807, 2.05) is 32.0 Å². The van der Waals surface area contributed by atoms with Gasteiger partial charge in [0.15, 0.2) is 0 Å². The van der Waals surface area contributed by atoms with E-state index in [2.05, 4.69) is 15.3 Å². The lowest BCUT2D eigenvalue weighted by atomic mass is 10.2. The number of nitrogens with one attached hydrogen (secondary N) is 1. The van der Waals surface area contributed by atoms with Gasteiger partial charge in [-0.3, -0.25) is 0 Å². The first-order chi connectivity index (χ1) is 8.85. The number of nitrogens with zero attached hydrogens (tertiary/aromatic N) is 3. The Morgan fingerprint density at radius 1 is 1.56 bits per heavy atom. The predicted octanol–water partition coefficient (Wildman–Crippen LogP) is 3.20.